The second-order valence-electron chi connectivity index (χ2n) is 5.06. The summed E-state index contributed by atoms with van der Waals surface area (Å²) in [6.07, 6.45) is 1.08. The third-order valence-corrected chi connectivity index (χ3v) is 3.38. The highest BCUT2D eigenvalue weighted by molar-refractivity contribution is 5.85. The van der Waals surface area contributed by atoms with Gasteiger partial charge >= 0.3 is 0 Å². The van der Waals surface area contributed by atoms with Gasteiger partial charge in [0.15, 0.2) is 0 Å². The van der Waals surface area contributed by atoms with Gasteiger partial charge in [-0.2, -0.15) is 0 Å². The second-order valence-corrected chi connectivity index (χ2v) is 5.06. The van der Waals surface area contributed by atoms with Crippen molar-refractivity contribution in [1.29, 1.82) is 0 Å². The van der Waals surface area contributed by atoms with E-state index in [4.69, 9.17) is 10.5 Å². The number of carbonyl (C=O) groups is 1. The van der Waals surface area contributed by atoms with Crippen molar-refractivity contribution in [2.45, 2.75) is 26.3 Å². The van der Waals surface area contributed by atoms with Crippen LogP contribution >= 0.6 is 12.4 Å². The van der Waals surface area contributed by atoms with Gasteiger partial charge in [0.05, 0.1) is 6.61 Å². The maximum Gasteiger partial charge on any atom is 0.220 e. The summed E-state index contributed by atoms with van der Waals surface area (Å²) < 4.78 is 5.45. The van der Waals surface area contributed by atoms with E-state index in [1.807, 2.05) is 55.5 Å². The lowest BCUT2D eigenvalue weighted by Gasteiger charge is -2.08. The molecule has 0 atom stereocenters. The number of rotatable bonds is 7. The predicted molar refractivity (Wildman–Crippen MR) is 95.9 cm³/mol. The Morgan fingerprint density at radius 3 is 2.70 bits per heavy atom. The number of aryl methyl sites for hydroxylation is 1. The first kappa shape index (κ1) is 18.8. The second kappa shape index (κ2) is 9.74. The molecule has 1 amide bonds. The third-order valence-electron chi connectivity index (χ3n) is 3.38. The minimum absolute atomic E-state index is 0. The third kappa shape index (κ3) is 6.20. The van der Waals surface area contributed by atoms with Crippen LogP contribution in [-0.4, -0.2) is 12.5 Å². The number of carbonyl (C=O) groups excluding carboxylic acids is 1. The summed E-state index contributed by atoms with van der Waals surface area (Å²) in [4.78, 5) is 11.9. The zero-order chi connectivity index (χ0) is 15.8. The van der Waals surface area contributed by atoms with Crippen LogP contribution in [0.5, 0.6) is 5.75 Å². The number of benzene rings is 2. The molecule has 0 aliphatic rings. The molecular weight excluding hydrogens is 312 g/mol. The highest BCUT2D eigenvalue weighted by atomic mass is 35.5. The lowest BCUT2D eigenvalue weighted by Crippen LogP contribution is -2.23. The minimum atomic E-state index is 0. The Bertz CT molecular complexity index is 632. The minimum Gasteiger partial charge on any atom is -0.494 e. The molecule has 0 spiro atoms. The van der Waals surface area contributed by atoms with Crippen LogP contribution in [0, 0.1) is 0 Å². The van der Waals surface area contributed by atoms with Gasteiger partial charge in [0.2, 0.25) is 5.91 Å². The van der Waals surface area contributed by atoms with E-state index in [1.54, 1.807) is 0 Å². The van der Waals surface area contributed by atoms with Crippen LogP contribution in [0.25, 0.3) is 0 Å². The van der Waals surface area contributed by atoms with Crippen molar-refractivity contribution in [3.63, 3.8) is 0 Å². The fraction of sp³-hybridized carbons (Fsp3) is 0.278. The number of hydrogen-bond acceptors (Lipinski definition) is 3. The van der Waals surface area contributed by atoms with Crippen molar-refractivity contribution in [3.05, 3.63) is 59.7 Å². The Morgan fingerprint density at radius 1 is 1.17 bits per heavy atom. The van der Waals surface area contributed by atoms with Gasteiger partial charge in [-0.05, 0) is 42.7 Å². The molecule has 0 unspecified atom stereocenters. The molecule has 0 saturated carbocycles. The van der Waals surface area contributed by atoms with E-state index in [0.717, 1.165) is 22.6 Å². The molecule has 0 aliphatic carbocycles. The van der Waals surface area contributed by atoms with Crippen LogP contribution in [0.2, 0.25) is 0 Å². The van der Waals surface area contributed by atoms with Crippen molar-refractivity contribution < 1.29 is 9.53 Å². The number of ether oxygens (including phenoxy) is 1. The molecule has 5 heteroatoms. The molecule has 124 valence electrons. The molecule has 0 heterocycles. The Balaban J connectivity index is 0.00000264. The smallest absolute Gasteiger partial charge is 0.220 e. The van der Waals surface area contributed by atoms with Crippen molar-refractivity contribution in [2.75, 3.05) is 12.3 Å². The first-order valence-corrected chi connectivity index (χ1v) is 7.51. The van der Waals surface area contributed by atoms with Crippen molar-refractivity contribution >= 4 is 24.0 Å². The van der Waals surface area contributed by atoms with E-state index < -0.39 is 0 Å². The molecule has 2 rings (SSSR count). The summed E-state index contributed by atoms with van der Waals surface area (Å²) in [6.45, 7) is 3.09. The van der Waals surface area contributed by atoms with Crippen LogP contribution < -0.4 is 15.8 Å². The van der Waals surface area contributed by atoms with E-state index in [9.17, 15) is 4.79 Å². The summed E-state index contributed by atoms with van der Waals surface area (Å²) >= 11 is 0. The van der Waals surface area contributed by atoms with Crippen LogP contribution in [0.4, 0.5) is 5.69 Å². The molecule has 23 heavy (non-hydrogen) atoms. The summed E-state index contributed by atoms with van der Waals surface area (Å²) in [6, 6.07) is 15.4. The molecule has 0 bridgehead atoms. The predicted octanol–water partition coefficient (Wildman–Crippen LogP) is 3.34. The van der Waals surface area contributed by atoms with Crippen LogP contribution in [0.15, 0.2) is 48.5 Å². The van der Waals surface area contributed by atoms with Gasteiger partial charge in [-0.25, -0.2) is 0 Å². The molecule has 2 aromatic rings. The fourth-order valence-corrected chi connectivity index (χ4v) is 2.21. The molecule has 0 fully saturated rings. The maximum atomic E-state index is 11.9. The molecule has 0 saturated heterocycles. The SMILES string of the molecule is CCOc1cccc(CNC(=O)CCc2ccccc2N)c1.Cl. The van der Waals surface area contributed by atoms with Gasteiger partial charge in [0.25, 0.3) is 0 Å². The van der Waals surface area contributed by atoms with Gasteiger partial charge < -0.3 is 15.8 Å². The number of halogens is 1. The van der Waals surface area contributed by atoms with E-state index in [2.05, 4.69) is 5.32 Å². The van der Waals surface area contributed by atoms with Crippen molar-refractivity contribution in [3.8, 4) is 5.75 Å². The van der Waals surface area contributed by atoms with Gasteiger partial charge in [-0.3, -0.25) is 4.79 Å². The van der Waals surface area contributed by atoms with Crippen molar-refractivity contribution in [2.24, 2.45) is 0 Å². The molecule has 0 aliphatic heterocycles. The summed E-state index contributed by atoms with van der Waals surface area (Å²) in [5.74, 6) is 0.844. The standard InChI is InChI=1S/C18H22N2O2.ClH/c1-2-22-16-8-5-6-14(12-16)13-20-18(21)11-10-15-7-3-4-9-17(15)19;/h3-9,12H,2,10-11,13,19H2,1H3,(H,20,21);1H. The molecule has 4 nitrogen and oxygen atoms in total. The van der Waals surface area contributed by atoms with E-state index in [-0.39, 0.29) is 18.3 Å². The largest absolute Gasteiger partial charge is 0.494 e. The highest BCUT2D eigenvalue weighted by Crippen LogP contribution is 2.14. The Labute approximate surface area is 143 Å². The molecule has 2 aromatic carbocycles. The van der Waals surface area contributed by atoms with Crippen LogP contribution in [-0.2, 0) is 17.8 Å². The number of para-hydroxylation sites is 1. The van der Waals surface area contributed by atoms with Gasteiger partial charge in [-0.15, -0.1) is 12.4 Å². The highest BCUT2D eigenvalue weighted by Gasteiger charge is 2.05. The summed E-state index contributed by atoms with van der Waals surface area (Å²) in [7, 11) is 0. The number of nitrogen functional groups attached to an aromatic ring is 1. The number of hydrogen-bond donors (Lipinski definition) is 2. The normalized spacial score (nSPS) is 9.78. The van der Waals surface area contributed by atoms with Gasteiger partial charge in [0, 0.05) is 18.7 Å². The van der Waals surface area contributed by atoms with Crippen LogP contribution in [0.3, 0.4) is 0 Å². The lowest BCUT2D eigenvalue weighted by atomic mass is 10.1. The van der Waals surface area contributed by atoms with Crippen molar-refractivity contribution in [1.82, 2.24) is 5.32 Å². The Morgan fingerprint density at radius 2 is 1.96 bits per heavy atom. The zero-order valence-electron chi connectivity index (χ0n) is 13.2. The van der Waals surface area contributed by atoms with Crippen LogP contribution in [0.1, 0.15) is 24.5 Å². The zero-order valence-corrected chi connectivity index (χ0v) is 14.1. The average molecular weight is 335 g/mol. The maximum absolute atomic E-state index is 11.9. The first-order chi connectivity index (χ1) is 10.7. The summed E-state index contributed by atoms with van der Waals surface area (Å²) in [5, 5.41) is 2.92. The average Bonchev–Trinajstić information content (AvgIpc) is 2.53. The quantitative estimate of drug-likeness (QED) is 0.763. The number of nitrogens with one attached hydrogen (secondary N) is 1. The number of amides is 1. The summed E-state index contributed by atoms with van der Waals surface area (Å²) in [5.41, 5.74) is 8.64. The molecular formula is C18H23ClN2O2. The topological polar surface area (TPSA) is 64.3 Å². The monoisotopic (exact) mass is 334 g/mol. The molecule has 0 radical (unpaired) electrons. The molecule has 0 aromatic heterocycles. The van der Waals surface area contributed by atoms with Gasteiger partial charge in [0.1, 0.15) is 5.75 Å². The lowest BCUT2D eigenvalue weighted by molar-refractivity contribution is -0.121. The molecule has 3 N–H and O–H groups in total. The number of nitrogens with two attached hydrogens (primary N) is 1. The first-order valence-electron chi connectivity index (χ1n) is 7.51. The van der Waals surface area contributed by atoms with E-state index in [0.29, 0.717) is 26.0 Å². The van der Waals surface area contributed by atoms with E-state index >= 15 is 0 Å². The Hall–Kier alpha value is -2.20. The van der Waals surface area contributed by atoms with E-state index in [1.165, 1.54) is 0 Å². The Kier molecular flexibility index (Phi) is 7.98. The fourth-order valence-electron chi connectivity index (χ4n) is 2.21. The number of anilines is 1. The van der Waals surface area contributed by atoms with Gasteiger partial charge in [-0.1, -0.05) is 30.3 Å².